The average molecular weight is 474 g/mol. The molecule has 27 heavy (non-hydrogen) atoms. The van der Waals surface area contributed by atoms with Crippen molar-refractivity contribution in [2.45, 2.75) is 90.9 Å². The zero-order valence-electron chi connectivity index (χ0n) is 16.8. The van der Waals surface area contributed by atoms with E-state index >= 15 is 0 Å². The molecule has 0 fully saturated rings. The van der Waals surface area contributed by atoms with Crippen molar-refractivity contribution < 1.29 is 9.53 Å². The fourth-order valence-electron chi connectivity index (χ4n) is 3.45. The number of fused-ring (bicyclic) bond motifs is 1. The largest absolute Gasteiger partial charge is 0.462 e. The Bertz CT molecular complexity index is 690. The van der Waals surface area contributed by atoms with Crippen molar-refractivity contribution in [2.24, 2.45) is 0 Å². The van der Waals surface area contributed by atoms with Gasteiger partial charge in [-0.25, -0.2) is 4.79 Å². The van der Waals surface area contributed by atoms with Crippen molar-refractivity contribution in [2.75, 3.05) is 6.61 Å². The van der Waals surface area contributed by atoms with Gasteiger partial charge in [-0.3, -0.25) is 0 Å². The van der Waals surface area contributed by atoms with Gasteiger partial charge >= 0.3 is 5.97 Å². The summed E-state index contributed by atoms with van der Waals surface area (Å²) in [4.78, 5) is 13.1. The number of ether oxygens (including phenoxy) is 1. The number of thiophene rings is 2. The molecule has 0 N–H and O–H groups in total. The van der Waals surface area contributed by atoms with Crippen LogP contribution in [0.2, 0.25) is 0 Å². The normalized spacial score (nSPS) is 11.4. The molecule has 2 heterocycles. The van der Waals surface area contributed by atoms with Gasteiger partial charge in [0.1, 0.15) is 4.88 Å². The number of aryl methyl sites for hydroxylation is 1. The van der Waals surface area contributed by atoms with Gasteiger partial charge in [-0.05, 0) is 41.3 Å². The van der Waals surface area contributed by atoms with Crippen molar-refractivity contribution in [3.63, 3.8) is 0 Å². The molecule has 2 nitrogen and oxygen atoms in total. The Hall–Kier alpha value is -0.390. The molecule has 2 aromatic heterocycles. The summed E-state index contributed by atoms with van der Waals surface area (Å²) < 4.78 is 8.84. The van der Waals surface area contributed by atoms with Gasteiger partial charge in [0.05, 0.1) is 16.0 Å². The maximum Gasteiger partial charge on any atom is 0.348 e. The smallest absolute Gasteiger partial charge is 0.348 e. The first-order valence-corrected chi connectivity index (χ1v) is 13.0. The second kappa shape index (κ2) is 12.9. The monoisotopic (exact) mass is 472 g/mol. The van der Waals surface area contributed by atoms with E-state index in [1.54, 1.807) is 22.7 Å². The molecule has 2 aromatic rings. The minimum Gasteiger partial charge on any atom is -0.462 e. The molecule has 0 aliphatic carbocycles. The molecule has 0 aliphatic rings. The summed E-state index contributed by atoms with van der Waals surface area (Å²) in [5.74, 6) is -0.157. The van der Waals surface area contributed by atoms with Crippen molar-refractivity contribution in [3.05, 3.63) is 20.3 Å². The van der Waals surface area contributed by atoms with Crippen LogP contribution >= 0.6 is 38.6 Å². The van der Waals surface area contributed by atoms with Crippen LogP contribution in [0, 0.1) is 0 Å². The first-order chi connectivity index (χ1) is 13.2. The molecule has 0 bridgehead atoms. The molecule has 5 heteroatoms. The molecule has 0 aliphatic heterocycles. The average Bonchev–Trinajstić information content (AvgIpc) is 3.20. The van der Waals surface area contributed by atoms with Crippen molar-refractivity contribution in [1.29, 1.82) is 0 Å². The number of rotatable bonds is 14. The van der Waals surface area contributed by atoms with E-state index in [9.17, 15) is 4.79 Å². The lowest BCUT2D eigenvalue weighted by molar-refractivity contribution is 0.0531. The van der Waals surface area contributed by atoms with E-state index in [1.807, 2.05) is 6.92 Å². The van der Waals surface area contributed by atoms with Crippen LogP contribution < -0.4 is 0 Å². The Kier molecular flexibility index (Phi) is 11.0. The predicted molar refractivity (Wildman–Crippen MR) is 124 cm³/mol. The quantitative estimate of drug-likeness (QED) is 0.202. The Morgan fingerprint density at radius 1 is 0.926 bits per heavy atom. The number of carbonyl (C=O) groups excluding carboxylic acids is 1. The third-order valence-electron chi connectivity index (χ3n) is 4.95. The highest BCUT2D eigenvalue weighted by Gasteiger charge is 2.21. The lowest BCUT2D eigenvalue weighted by atomic mass is 10.0. The molecular formula is C22H33BrO2S2. The summed E-state index contributed by atoms with van der Waals surface area (Å²) in [6.45, 7) is 4.57. The second-order valence-electron chi connectivity index (χ2n) is 7.16. The predicted octanol–water partition coefficient (Wildman–Crippen LogP) is 8.76. The first-order valence-electron chi connectivity index (χ1n) is 10.5. The van der Waals surface area contributed by atoms with Crippen LogP contribution in [0.1, 0.15) is 99.7 Å². The summed E-state index contributed by atoms with van der Waals surface area (Å²) in [5, 5.41) is 2.13. The molecule has 0 radical (unpaired) electrons. The van der Waals surface area contributed by atoms with Gasteiger partial charge in [-0.2, -0.15) is 0 Å². The summed E-state index contributed by atoms with van der Waals surface area (Å²) in [6, 6.07) is 0. The molecule has 0 spiro atoms. The van der Waals surface area contributed by atoms with E-state index in [0.29, 0.717) is 6.61 Å². The maximum absolute atomic E-state index is 12.3. The van der Waals surface area contributed by atoms with Crippen LogP contribution in [-0.2, 0) is 11.2 Å². The van der Waals surface area contributed by atoms with Crippen molar-refractivity contribution >= 4 is 54.0 Å². The van der Waals surface area contributed by atoms with E-state index < -0.39 is 0 Å². The zero-order chi connectivity index (χ0) is 19.5. The maximum atomic E-state index is 12.3. The van der Waals surface area contributed by atoms with E-state index in [2.05, 4.69) is 28.2 Å². The molecule has 0 saturated heterocycles. The number of hydrogen-bond acceptors (Lipinski definition) is 4. The molecule has 152 valence electrons. The fourth-order valence-corrected chi connectivity index (χ4v) is 6.66. The highest BCUT2D eigenvalue weighted by atomic mass is 79.9. The van der Waals surface area contributed by atoms with Gasteiger partial charge in [0.15, 0.2) is 0 Å². The van der Waals surface area contributed by atoms with Crippen LogP contribution in [0.4, 0.5) is 0 Å². The number of hydrogen-bond donors (Lipinski definition) is 0. The molecule has 0 aromatic carbocycles. The van der Waals surface area contributed by atoms with E-state index in [0.717, 1.165) is 22.2 Å². The molecular weight excluding hydrogens is 440 g/mol. The van der Waals surface area contributed by atoms with Crippen molar-refractivity contribution in [1.82, 2.24) is 0 Å². The van der Waals surface area contributed by atoms with Crippen molar-refractivity contribution in [3.8, 4) is 0 Å². The summed E-state index contributed by atoms with van der Waals surface area (Å²) in [7, 11) is 0. The third-order valence-corrected chi connectivity index (χ3v) is 8.55. The second-order valence-corrected chi connectivity index (χ2v) is 9.91. The standard InChI is InChI=1S/C22H33BrO2S2/c1-3-5-6-7-8-9-10-11-12-13-14-15-17-19-21(18(23)16-26-19)27-20(17)22(24)25-4-2/h16H,3-15H2,1-2H3. The molecule has 0 unspecified atom stereocenters. The number of esters is 1. The number of carbonyl (C=O) groups is 1. The lowest BCUT2D eigenvalue weighted by Crippen LogP contribution is -2.05. The minimum atomic E-state index is -0.157. The summed E-state index contributed by atoms with van der Waals surface area (Å²) >= 11 is 6.92. The Balaban J connectivity index is 1.73. The number of halogens is 1. The van der Waals surface area contributed by atoms with Crippen LogP contribution in [0.15, 0.2) is 9.85 Å². The summed E-state index contributed by atoms with van der Waals surface area (Å²) in [6.07, 6.45) is 15.8. The fraction of sp³-hybridized carbons (Fsp3) is 0.682. The minimum absolute atomic E-state index is 0.157. The van der Waals surface area contributed by atoms with Gasteiger partial charge in [-0.1, -0.05) is 71.1 Å². The topological polar surface area (TPSA) is 26.3 Å². The Morgan fingerprint density at radius 3 is 2.11 bits per heavy atom. The highest BCUT2D eigenvalue weighted by molar-refractivity contribution is 9.10. The van der Waals surface area contributed by atoms with E-state index in [-0.39, 0.29) is 5.97 Å². The van der Waals surface area contributed by atoms with Gasteiger partial charge in [-0.15, -0.1) is 22.7 Å². The zero-order valence-corrected chi connectivity index (χ0v) is 20.0. The van der Waals surface area contributed by atoms with Gasteiger partial charge < -0.3 is 4.74 Å². The van der Waals surface area contributed by atoms with Gasteiger partial charge in [0, 0.05) is 9.85 Å². The summed E-state index contributed by atoms with van der Waals surface area (Å²) in [5.41, 5.74) is 1.21. The molecule has 0 amide bonds. The Morgan fingerprint density at radius 2 is 1.52 bits per heavy atom. The van der Waals surface area contributed by atoms with E-state index in [4.69, 9.17) is 4.74 Å². The van der Waals surface area contributed by atoms with Crippen LogP contribution in [-0.4, -0.2) is 12.6 Å². The lowest BCUT2D eigenvalue weighted by Gasteiger charge is -2.05. The molecule has 0 saturated carbocycles. The SMILES string of the molecule is CCCCCCCCCCCCCc1c(C(=O)OCC)sc2c(Br)csc12. The van der Waals surface area contributed by atoms with Crippen LogP contribution in [0.3, 0.4) is 0 Å². The van der Waals surface area contributed by atoms with Gasteiger partial charge in [0.25, 0.3) is 0 Å². The Labute approximate surface area is 180 Å². The highest BCUT2D eigenvalue weighted by Crippen LogP contribution is 2.41. The van der Waals surface area contributed by atoms with Crippen LogP contribution in [0.25, 0.3) is 9.40 Å². The molecule has 2 rings (SSSR count). The first kappa shape index (κ1) is 22.9. The van der Waals surface area contributed by atoms with Gasteiger partial charge in [0.2, 0.25) is 0 Å². The third kappa shape index (κ3) is 7.17. The van der Waals surface area contributed by atoms with E-state index in [1.165, 1.54) is 79.2 Å². The number of unbranched alkanes of at least 4 members (excludes halogenated alkanes) is 10. The molecule has 0 atom stereocenters. The van der Waals surface area contributed by atoms with Crippen LogP contribution in [0.5, 0.6) is 0 Å².